The van der Waals surface area contributed by atoms with Crippen molar-refractivity contribution in [2.75, 3.05) is 0 Å². The van der Waals surface area contributed by atoms with Crippen LogP contribution in [0.5, 0.6) is 0 Å². The number of rotatable bonds is 3. The van der Waals surface area contributed by atoms with E-state index >= 15 is 0 Å². The standard InChI is InChI=1S/C17H22N4/c1-21-11-19-20-16(21)10-18-17-14-6-7-15(17)9-13-5-3-2-4-12(13)8-14/h2-5,11,14-15,17-18H,6-10H2,1H3. The van der Waals surface area contributed by atoms with Gasteiger partial charge in [-0.25, -0.2) is 0 Å². The van der Waals surface area contributed by atoms with E-state index in [0.717, 1.165) is 24.2 Å². The molecule has 1 saturated carbocycles. The van der Waals surface area contributed by atoms with E-state index in [0.29, 0.717) is 6.04 Å². The molecule has 1 N–H and O–H groups in total. The van der Waals surface area contributed by atoms with Gasteiger partial charge in [0.05, 0.1) is 6.54 Å². The van der Waals surface area contributed by atoms with Gasteiger partial charge < -0.3 is 9.88 Å². The molecule has 1 aromatic heterocycles. The molecule has 0 radical (unpaired) electrons. The first-order valence-electron chi connectivity index (χ1n) is 7.94. The van der Waals surface area contributed by atoms with Crippen LogP contribution in [0.15, 0.2) is 30.6 Å². The molecule has 0 spiro atoms. The zero-order chi connectivity index (χ0) is 14.2. The SMILES string of the molecule is Cn1cnnc1CNC1C2CCC1Cc1ccccc1C2. The Morgan fingerprint density at radius 1 is 1.14 bits per heavy atom. The Balaban J connectivity index is 1.51. The number of aromatic nitrogens is 3. The van der Waals surface area contributed by atoms with Crippen LogP contribution < -0.4 is 5.32 Å². The highest BCUT2D eigenvalue weighted by molar-refractivity contribution is 5.30. The molecule has 2 aliphatic carbocycles. The van der Waals surface area contributed by atoms with Crippen molar-refractivity contribution in [3.8, 4) is 0 Å². The molecule has 0 saturated heterocycles. The average Bonchev–Trinajstić information content (AvgIpc) is 2.99. The highest BCUT2D eigenvalue weighted by Gasteiger charge is 2.38. The van der Waals surface area contributed by atoms with Gasteiger partial charge in [0.1, 0.15) is 12.2 Å². The topological polar surface area (TPSA) is 42.7 Å². The van der Waals surface area contributed by atoms with Crippen LogP contribution in [0.1, 0.15) is 29.8 Å². The second kappa shape index (κ2) is 5.26. The first-order valence-corrected chi connectivity index (χ1v) is 7.94. The third kappa shape index (κ3) is 2.38. The van der Waals surface area contributed by atoms with Gasteiger partial charge in [0, 0.05) is 13.1 Å². The van der Waals surface area contributed by atoms with E-state index in [1.54, 1.807) is 17.5 Å². The molecule has 4 nitrogen and oxygen atoms in total. The van der Waals surface area contributed by atoms with Gasteiger partial charge in [-0.05, 0) is 48.6 Å². The summed E-state index contributed by atoms with van der Waals surface area (Å²) in [6.07, 6.45) is 6.94. The molecule has 21 heavy (non-hydrogen) atoms. The summed E-state index contributed by atoms with van der Waals surface area (Å²) in [5.41, 5.74) is 3.13. The van der Waals surface area contributed by atoms with Crippen LogP contribution in [0.25, 0.3) is 0 Å². The molecule has 2 bridgehead atoms. The first kappa shape index (κ1) is 13.0. The number of hydrogen-bond donors (Lipinski definition) is 1. The van der Waals surface area contributed by atoms with E-state index < -0.39 is 0 Å². The maximum absolute atomic E-state index is 4.18. The quantitative estimate of drug-likeness (QED) is 0.937. The second-order valence-corrected chi connectivity index (χ2v) is 6.54. The molecule has 2 aliphatic rings. The van der Waals surface area contributed by atoms with Crippen molar-refractivity contribution in [1.82, 2.24) is 20.1 Å². The van der Waals surface area contributed by atoms with Gasteiger partial charge in [-0.1, -0.05) is 24.3 Å². The average molecular weight is 282 g/mol. The zero-order valence-corrected chi connectivity index (χ0v) is 12.5. The molecule has 110 valence electrons. The van der Waals surface area contributed by atoms with Gasteiger partial charge in [0.15, 0.2) is 0 Å². The van der Waals surface area contributed by atoms with Crippen LogP contribution in [0.4, 0.5) is 0 Å². The summed E-state index contributed by atoms with van der Waals surface area (Å²) < 4.78 is 2.00. The summed E-state index contributed by atoms with van der Waals surface area (Å²) in [5.74, 6) is 2.56. The Morgan fingerprint density at radius 3 is 2.38 bits per heavy atom. The van der Waals surface area contributed by atoms with Gasteiger partial charge in [-0.3, -0.25) is 0 Å². The summed E-state index contributed by atoms with van der Waals surface area (Å²) in [7, 11) is 2.01. The number of benzene rings is 1. The maximum Gasteiger partial charge on any atom is 0.146 e. The summed E-state index contributed by atoms with van der Waals surface area (Å²) in [6, 6.07) is 9.61. The van der Waals surface area contributed by atoms with Crippen LogP contribution in [0.2, 0.25) is 0 Å². The summed E-state index contributed by atoms with van der Waals surface area (Å²) in [6.45, 7) is 0.824. The van der Waals surface area contributed by atoms with Crippen molar-refractivity contribution in [3.05, 3.63) is 47.5 Å². The van der Waals surface area contributed by atoms with E-state index in [1.807, 2.05) is 11.6 Å². The molecular weight excluding hydrogens is 260 g/mol. The number of nitrogens with zero attached hydrogens (tertiary/aromatic N) is 3. The molecule has 4 heteroatoms. The smallest absolute Gasteiger partial charge is 0.146 e. The summed E-state index contributed by atoms with van der Waals surface area (Å²) in [4.78, 5) is 0. The Bertz CT molecular complexity index is 600. The third-order valence-electron chi connectivity index (χ3n) is 5.31. The fraction of sp³-hybridized carbons (Fsp3) is 0.529. The minimum absolute atomic E-state index is 0.620. The van der Waals surface area contributed by atoms with E-state index in [4.69, 9.17) is 0 Å². The van der Waals surface area contributed by atoms with E-state index in [2.05, 4.69) is 39.8 Å². The highest BCUT2D eigenvalue weighted by atomic mass is 15.3. The lowest BCUT2D eigenvalue weighted by Crippen LogP contribution is -2.38. The lowest BCUT2D eigenvalue weighted by Gasteiger charge is -2.23. The van der Waals surface area contributed by atoms with Crippen molar-refractivity contribution in [2.24, 2.45) is 18.9 Å². The fourth-order valence-corrected chi connectivity index (χ4v) is 4.16. The van der Waals surface area contributed by atoms with Gasteiger partial charge in [0.25, 0.3) is 0 Å². The van der Waals surface area contributed by atoms with Gasteiger partial charge in [0.2, 0.25) is 0 Å². The first-order chi connectivity index (χ1) is 10.3. The Kier molecular flexibility index (Phi) is 3.26. The number of fused-ring (bicyclic) bond motifs is 3. The molecule has 0 aliphatic heterocycles. The van der Waals surface area contributed by atoms with Crippen molar-refractivity contribution < 1.29 is 0 Å². The lowest BCUT2D eigenvalue weighted by molar-refractivity contribution is 0.336. The van der Waals surface area contributed by atoms with Crippen LogP contribution in [-0.2, 0) is 26.4 Å². The maximum atomic E-state index is 4.18. The minimum Gasteiger partial charge on any atom is -0.320 e. The number of hydrogen-bond acceptors (Lipinski definition) is 3. The highest BCUT2D eigenvalue weighted by Crippen LogP contribution is 2.40. The lowest BCUT2D eigenvalue weighted by atomic mass is 9.94. The van der Waals surface area contributed by atoms with Crippen molar-refractivity contribution >= 4 is 0 Å². The van der Waals surface area contributed by atoms with Gasteiger partial charge in [-0.2, -0.15) is 0 Å². The Hall–Kier alpha value is -1.68. The predicted molar refractivity (Wildman–Crippen MR) is 81.7 cm³/mol. The Morgan fingerprint density at radius 2 is 1.81 bits per heavy atom. The molecule has 1 aromatic carbocycles. The van der Waals surface area contributed by atoms with Crippen LogP contribution in [-0.4, -0.2) is 20.8 Å². The largest absolute Gasteiger partial charge is 0.320 e. The monoisotopic (exact) mass is 282 g/mol. The summed E-state index contributed by atoms with van der Waals surface area (Å²) >= 11 is 0. The van der Waals surface area contributed by atoms with Gasteiger partial charge in [-0.15, -0.1) is 10.2 Å². The van der Waals surface area contributed by atoms with E-state index in [-0.39, 0.29) is 0 Å². The normalized spacial score (nSPS) is 27.4. The molecule has 1 fully saturated rings. The van der Waals surface area contributed by atoms with Crippen LogP contribution in [0.3, 0.4) is 0 Å². The molecule has 2 atom stereocenters. The Labute approximate surface area is 125 Å². The number of aryl methyl sites for hydroxylation is 1. The molecule has 2 aromatic rings. The van der Waals surface area contributed by atoms with E-state index in [9.17, 15) is 0 Å². The second-order valence-electron chi connectivity index (χ2n) is 6.54. The molecule has 1 heterocycles. The minimum atomic E-state index is 0.620. The van der Waals surface area contributed by atoms with Crippen molar-refractivity contribution in [1.29, 1.82) is 0 Å². The predicted octanol–water partition coefficient (Wildman–Crippen LogP) is 2.10. The van der Waals surface area contributed by atoms with Crippen molar-refractivity contribution in [2.45, 2.75) is 38.3 Å². The molecule has 2 unspecified atom stereocenters. The van der Waals surface area contributed by atoms with E-state index in [1.165, 1.54) is 25.7 Å². The number of nitrogens with one attached hydrogen (secondary N) is 1. The molecular formula is C17H22N4. The fourth-order valence-electron chi connectivity index (χ4n) is 4.16. The molecule has 0 amide bonds. The van der Waals surface area contributed by atoms with Crippen molar-refractivity contribution in [3.63, 3.8) is 0 Å². The third-order valence-corrected chi connectivity index (χ3v) is 5.31. The van der Waals surface area contributed by atoms with Crippen LogP contribution >= 0.6 is 0 Å². The zero-order valence-electron chi connectivity index (χ0n) is 12.5. The van der Waals surface area contributed by atoms with Gasteiger partial charge >= 0.3 is 0 Å². The summed E-state index contributed by atoms with van der Waals surface area (Å²) in [5, 5.41) is 11.9. The van der Waals surface area contributed by atoms with Crippen LogP contribution in [0, 0.1) is 11.8 Å². The molecule has 4 rings (SSSR count).